The van der Waals surface area contributed by atoms with Crippen LogP contribution in [0.25, 0.3) is 0 Å². The Bertz CT molecular complexity index is 615. The monoisotopic (exact) mass is 376 g/mol. The van der Waals surface area contributed by atoms with Gasteiger partial charge < -0.3 is 9.84 Å². The van der Waals surface area contributed by atoms with Gasteiger partial charge in [-0.1, -0.05) is 13.8 Å². The van der Waals surface area contributed by atoms with Crippen LogP contribution in [-0.2, 0) is 14.3 Å². The van der Waals surface area contributed by atoms with Gasteiger partial charge in [0.05, 0.1) is 0 Å². The SMILES string of the molecule is CC(=O)O[C@@H]1CC[C@@]2(C)[C@@H](CC[C@@H]3[C@@H]2CC[C@]2(C)[C@@H](C(=O)CO)CC[C@@H]32)C1. The van der Waals surface area contributed by atoms with Crippen LogP contribution in [0, 0.1) is 40.4 Å². The highest BCUT2D eigenvalue weighted by Gasteiger charge is 2.61. The van der Waals surface area contributed by atoms with Gasteiger partial charge in [-0.2, -0.15) is 0 Å². The zero-order valence-corrected chi connectivity index (χ0v) is 17.2. The van der Waals surface area contributed by atoms with Crippen molar-refractivity contribution in [3.05, 3.63) is 0 Å². The highest BCUT2D eigenvalue weighted by atomic mass is 16.5. The molecule has 0 radical (unpaired) electrons. The number of hydrogen-bond donors (Lipinski definition) is 1. The van der Waals surface area contributed by atoms with E-state index in [9.17, 15) is 14.7 Å². The first-order valence-electron chi connectivity index (χ1n) is 11.1. The minimum atomic E-state index is -0.293. The van der Waals surface area contributed by atoms with Crippen LogP contribution in [0.3, 0.4) is 0 Å². The van der Waals surface area contributed by atoms with Crippen LogP contribution in [0.4, 0.5) is 0 Å². The number of hydrogen-bond acceptors (Lipinski definition) is 4. The first-order chi connectivity index (χ1) is 12.8. The number of esters is 1. The smallest absolute Gasteiger partial charge is 0.302 e. The van der Waals surface area contributed by atoms with Crippen molar-refractivity contribution in [3.63, 3.8) is 0 Å². The van der Waals surface area contributed by atoms with Crippen molar-refractivity contribution in [1.29, 1.82) is 0 Å². The van der Waals surface area contributed by atoms with Crippen LogP contribution in [0.15, 0.2) is 0 Å². The van der Waals surface area contributed by atoms with Crippen LogP contribution in [0.2, 0.25) is 0 Å². The zero-order chi connectivity index (χ0) is 19.4. The molecule has 0 aromatic carbocycles. The molecule has 0 saturated heterocycles. The molecule has 4 aliphatic carbocycles. The third-order valence-electron chi connectivity index (χ3n) is 9.49. The molecule has 8 atom stereocenters. The highest BCUT2D eigenvalue weighted by Crippen LogP contribution is 2.67. The molecular formula is C23H36O4. The molecule has 1 N–H and O–H groups in total. The summed E-state index contributed by atoms with van der Waals surface area (Å²) in [6.45, 7) is 6.08. The van der Waals surface area contributed by atoms with Gasteiger partial charge in [0, 0.05) is 12.8 Å². The lowest BCUT2D eigenvalue weighted by Crippen LogP contribution is -2.54. The van der Waals surface area contributed by atoms with E-state index in [0.717, 1.165) is 43.9 Å². The molecule has 4 aliphatic rings. The summed E-state index contributed by atoms with van der Waals surface area (Å²) in [6, 6.07) is 0. The second kappa shape index (κ2) is 6.86. The summed E-state index contributed by atoms with van der Waals surface area (Å²) >= 11 is 0. The molecule has 0 aliphatic heterocycles. The van der Waals surface area contributed by atoms with Crippen LogP contribution in [0.1, 0.15) is 78.6 Å². The standard InChI is InChI=1S/C23H36O4/c1-14(25)27-16-8-10-22(2)15(12-16)4-5-17-18-6-7-20(21(26)13-24)23(18,3)11-9-19(17)22/h15-20,24H,4-13H2,1-3H3/t15-,16+,17-,18-,19-,20+,22-,23-/m0/s1. The summed E-state index contributed by atoms with van der Waals surface area (Å²) in [4.78, 5) is 23.7. The Kier molecular flexibility index (Phi) is 4.93. The summed E-state index contributed by atoms with van der Waals surface area (Å²) in [7, 11) is 0. The van der Waals surface area contributed by atoms with Crippen molar-refractivity contribution in [2.24, 2.45) is 40.4 Å². The molecule has 4 rings (SSSR count). The van der Waals surface area contributed by atoms with Crippen molar-refractivity contribution >= 4 is 11.8 Å². The minimum Gasteiger partial charge on any atom is -0.463 e. The number of aliphatic hydroxyl groups excluding tert-OH is 1. The van der Waals surface area contributed by atoms with Gasteiger partial charge in [0.25, 0.3) is 0 Å². The van der Waals surface area contributed by atoms with Crippen molar-refractivity contribution in [1.82, 2.24) is 0 Å². The zero-order valence-electron chi connectivity index (χ0n) is 17.2. The Labute approximate surface area is 163 Å². The molecule has 0 amide bonds. The number of aliphatic hydroxyl groups is 1. The van der Waals surface area contributed by atoms with E-state index in [1.165, 1.54) is 32.6 Å². The average molecular weight is 377 g/mol. The summed E-state index contributed by atoms with van der Waals surface area (Å²) < 4.78 is 5.56. The van der Waals surface area contributed by atoms with Gasteiger partial charge in [-0.25, -0.2) is 0 Å². The topological polar surface area (TPSA) is 63.6 Å². The molecule has 0 unspecified atom stereocenters. The minimum absolute atomic E-state index is 0.0682. The van der Waals surface area contributed by atoms with E-state index in [1.54, 1.807) is 0 Å². The summed E-state index contributed by atoms with van der Waals surface area (Å²) in [6.07, 6.45) is 10.3. The fraction of sp³-hybridized carbons (Fsp3) is 0.913. The van der Waals surface area contributed by atoms with Gasteiger partial charge in [0.2, 0.25) is 0 Å². The van der Waals surface area contributed by atoms with E-state index in [0.29, 0.717) is 17.3 Å². The number of carbonyl (C=O) groups is 2. The Morgan fingerprint density at radius 1 is 0.963 bits per heavy atom. The average Bonchev–Trinajstić information content (AvgIpc) is 2.98. The molecule has 0 aromatic rings. The molecule has 27 heavy (non-hydrogen) atoms. The van der Waals surface area contributed by atoms with Gasteiger partial charge in [-0.15, -0.1) is 0 Å². The van der Waals surface area contributed by atoms with E-state index in [1.807, 2.05) is 0 Å². The number of ether oxygens (including phenoxy) is 1. The largest absolute Gasteiger partial charge is 0.463 e. The summed E-state index contributed by atoms with van der Waals surface area (Å²) in [5.41, 5.74) is 0.457. The molecule has 152 valence electrons. The van der Waals surface area contributed by atoms with E-state index in [2.05, 4.69) is 13.8 Å². The maximum Gasteiger partial charge on any atom is 0.302 e. The third-order valence-corrected chi connectivity index (χ3v) is 9.49. The van der Waals surface area contributed by atoms with Gasteiger partial charge >= 0.3 is 5.97 Å². The van der Waals surface area contributed by atoms with Crippen molar-refractivity contribution < 1.29 is 19.4 Å². The lowest BCUT2D eigenvalue weighted by Gasteiger charge is -2.61. The van der Waals surface area contributed by atoms with Crippen LogP contribution < -0.4 is 0 Å². The molecule has 0 spiro atoms. The normalized spacial score (nSPS) is 48.9. The molecule has 4 nitrogen and oxygen atoms in total. The van der Waals surface area contributed by atoms with Crippen molar-refractivity contribution in [2.75, 3.05) is 6.61 Å². The molecule has 4 fully saturated rings. The van der Waals surface area contributed by atoms with Gasteiger partial charge in [-0.3, -0.25) is 9.59 Å². The summed E-state index contributed by atoms with van der Waals surface area (Å²) in [5, 5.41) is 9.43. The van der Waals surface area contributed by atoms with Crippen LogP contribution >= 0.6 is 0 Å². The number of ketones is 1. The highest BCUT2D eigenvalue weighted by molar-refractivity contribution is 5.83. The molecule has 0 heterocycles. The van der Waals surface area contributed by atoms with Gasteiger partial charge in [0.1, 0.15) is 12.7 Å². The Hall–Kier alpha value is -0.900. The van der Waals surface area contributed by atoms with Crippen LogP contribution in [0.5, 0.6) is 0 Å². The fourth-order valence-corrected chi connectivity index (χ4v) is 8.20. The number of rotatable bonds is 3. The Balaban J connectivity index is 1.53. The predicted octanol–water partition coefficient (Wildman–Crippen LogP) is 4.14. The number of carbonyl (C=O) groups excluding carboxylic acids is 2. The van der Waals surface area contributed by atoms with Crippen LogP contribution in [-0.4, -0.2) is 29.6 Å². The fourth-order valence-electron chi connectivity index (χ4n) is 8.20. The molecule has 0 aromatic heterocycles. The lowest BCUT2D eigenvalue weighted by molar-refractivity contribution is -0.161. The second-order valence-electron chi connectivity index (χ2n) is 10.5. The van der Waals surface area contributed by atoms with E-state index >= 15 is 0 Å². The number of fused-ring (bicyclic) bond motifs is 5. The maximum absolute atomic E-state index is 12.4. The second-order valence-corrected chi connectivity index (χ2v) is 10.5. The molecule has 4 heteroatoms. The van der Waals surface area contributed by atoms with E-state index in [4.69, 9.17) is 4.74 Å². The van der Waals surface area contributed by atoms with Gasteiger partial charge in [0.15, 0.2) is 5.78 Å². The quantitative estimate of drug-likeness (QED) is 0.752. The number of Topliss-reactive ketones (excluding diaryl/α,β-unsaturated/α-hetero) is 1. The first kappa shape index (κ1) is 19.4. The summed E-state index contributed by atoms with van der Waals surface area (Å²) in [5.74, 6) is 2.77. The first-order valence-corrected chi connectivity index (χ1v) is 11.1. The molecule has 4 saturated carbocycles. The van der Waals surface area contributed by atoms with E-state index < -0.39 is 0 Å². The maximum atomic E-state index is 12.4. The lowest BCUT2D eigenvalue weighted by atomic mass is 9.44. The Morgan fingerprint density at radius 3 is 2.37 bits per heavy atom. The van der Waals surface area contributed by atoms with Crippen molar-refractivity contribution in [2.45, 2.75) is 84.7 Å². The molecular weight excluding hydrogens is 340 g/mol. The molecule has 0 bridgehead atoms. The van der Waals surface area contributed by atoms with Crippen molar-refractivity contribution in [3.8, 4) is 0 Å². The van der Waals surface area contributed by atoms with E-state index in [-0.39, 0.29) is 35.8 Å². The van der Waals surface area contributed by atoms with Gasteiger partial charge in [-0.05, 0) is 92.3 Å². The third kappa shape index (κ3) is 2.97. The predicted molar refractivity (Wildman–Crippen MR) is 103 cm³/mol. The Morgan fingerprint density at radius 2 is 1.67 bits per heavy atom.